The maximum Gasteiger partial charge on any atom is 0.251 e. The highest BCUT2D eigenvalue weighted by Crippen LogP contribution is 2.38. The van der Waals surface area contributed by atoms with E-state index in [2.05, 4.69) is 5.32 Å². The van der Waals surface area contributed by atoms with Crippen molar-refractivity contribution in [2.24, 2.45) is 0 Å². The molecular formula is C12H14ClNO3. The molecule has 92 valence electrons. The van der Waals surface area contributed by atoms with Crippen LogP contribution in [0.5, 0.6) is 11.5 Å². The molecule has 0 saturated heterocycles. The molecule has 2 rings (SSSR count). The van der Waals surface area contributed by atoms with E-state index in [1.807, 2.05) is 13.8 Å². The zero-order valence-corrected chi connectivity index (χ0v) is 10.5. The van der Waals surface area contributed by atoms with Crippen LogP contribution < -0.4 is 14.8 Å². The second-order valence-corrected chi connectivity index (χ2v) is 4.52. The van der Waals surface area contributed by atoms with Crippen molar-refractivity contribution in [3.05, 3.63) is 22.7 Å². The number of ether oxygens (including phenoxy) is 2. The van der Waals surface area contributed by atoms with E-state index in [1.54, 1.807) is 12.1 Å². The lowest BCUT2D eigenvalue weighted by Crippen LogP contribution is -2.30. The molecule has 1 amide bonds. The van der Waals surface area contributed by atoms with E-state index in [4.69, 9.17) is 21.1 Å². The Balaban J connectivity index is 2.30. The van der Waals surface area contributed by atoms with Gasteiger partial charge in [0, 0.05) is 11.6 Å². The first kappa shape index (κ1) is 12.0. The zero-order valence-electron chi connectivity index (χ0n) is 9.75. The fourth-order valence-electron chi connectivity index (χ4n) is 1.59. The lowest BCUT2D eigenvalue weighted by molar-refractivity contribution is 0.0942. The number of amides is 1. The first-order valence-corrected chi connectivity index (χ1v) is 5.85. The molecule has 1 aliphatic heterocycles. The fraction of sp³-hybridized carbons (Fsp3) is 0.417. The van der Waals surface area contributed by atoms with Crippen molar-refractivity contribution in [3.8, 4) is 11.5 Å². The second kappa shape index (κ2) is 4.84. The Labute approximate surface area is 105 Å². The van der Waals surface area contributed by atoms with E-state index in [0.29, 0.717) is 35.3 Å². The van der Waals surface area contributed by atoms with Crippen LogP contribution in [-0.2, 0) is 0 Å². The molecule has 0 radical (unpaired) electrons. The Morgan fingerprint density at radius 2 is 2.06 bits per heavy atom. The maximum atomic E-state index is 11.8. The minimum absolute atomic E-state index is 0.0782. The van der Waals surface area contributed by atoms with Crippen LogP contribution in [0.1, 0.15) is 24.2 Å². The van der Waals surface area contributed by atoms with Crippen LogP contribution in [-0.4, -0.2) is 25.2 Å². The van der Waals surface area contributed by atoms with Gasteiger partial charge in [-0.15, -0.1) is 0 Å². The van der Waals surface area contributed by atoms with Gasteiger partial charge < -0.3 is 14.8 Å². The van der Waals surface area contributed by atoms with Crippen molar-refractivity contribution in [1.29, 1.82) is 0 Å². The number of rotatable bonds is 2. The molecule has 1 aromatic carbocycles. The summed E-state index contributed by atoms with van der Waals surface area (Å²) in [5, 5.41) is 3.20. The Morgan fingerprint density at radius 1 is 1.35 bits per heavy atom. The van der Waals surface area contributed by atoms with Gasteiger partial charge in [-0.1, -0.05) is 11.6 Å². The van der Waals surface area contributed by atoms with E-state index < -0.39 is 0 Å². The van der Waals surface area contributed by atoms with Gasteiger partial charge in [-0.25, -0.2) is 0 Å². The Hall–Kier alpha value is -1.42. The van der Waals surface area contributed by atoms with Crippen LogP contribution in [0, 0.1) is 0 Å². The second-order valence-electron chi connectivity index (χ2n) is 4.11. The number of fused-ring (bicyclic) bond motifs is 1. The minimum Gasteiger partial charge on any atom is -0.486 e. The van der Waals surface area contributed by atoms with Crippen LogP contribution in [0.2, 0.25) is 5.02 Å². The number of benzene rings is 1. The molecule has 5 heteroatoms. The Bertz CT molecular complexity index is 446. The third-order valence-electron chi connectivity index (χ3n) is 2.28. The number of hydrogen-bond donors (Lipinski definition) is 1. The monoisotopic (exact) mass is 255 g/mol. The molecule has 17 heavy (non-hydrogen) atoms. The van der Waals surface area contributed by atoms with E-state index in [9.17, 15) is 4.79 Å². The van der Waals surface area contributed by atoms with E-state index in [0.717, 1.165) is 0 Å². The van der Waals surface area contributed by atoms with Crippen molar-refractivity contribution in [1.82, 2.24) is 5.32 Å². The van der Waals surface area contributed by atoms with Crippen molar-refractivity contribution in [2.45, 2.75) is 19.9 Å². The van der Waals surface area contributed by atoms with E-state index in [1.165, 1.54) is 0 Å². The van der Waals surface area contributed by atoms with Gasteiger partial charge in [0.1, 0.15) is 13.2 Å². The third-order valence-corrected chi connectivity index (χ3v) is 2.56. The summed E-state index contributed by atoms with van der Waals surface area (Å²) >= 11 is 6.04. The van der Waals surface area contributed by atoms with Gasteiger partial charge in [0.15, 0.2) is 11.5 Å². The lowest BCUT2D eigenvalue weighted by Gasteiger charge is -2.20. The molecule has 0 saturated carbocycles. The summed E-state index contributed by atoms with van der Waals surface area (Å²) in [6.45, 7) is 4.75. The zero-order chi connectivity index (χ0) is 12.4. The van der Waals surface area contributed by atoms with E-state index in [-0.39, 0.29) is 11.9 Å². The SMILES string of the molecule is CC(C)NC(=O)c1cc(Cl)c2c(c1)OCCO2. The Kier molecular flexibility index (Phi) is 3.43. The van der Waals surface area contributed by atoms with Crippen LogP contribution in [0.4, 0.5) is 0 Å². The maximum absolute atomic E-state index is 11.8. The van der Waals surface area contributed by atoms with Crippen LogP contribution >= 0.6 is 11.6 Å². The van der Waals surface area contributed by atoms with Crippen molar-refractivity contribution >= 4 is 17.5 Å². The van der Waals surface area contributed by atoms with Crippen LogP contribution in [0.15, 0.2) is 12.1 Å². The molecule has 1 aromatic rings. The normalized spacial score (nSPS) is 13.6. The van der Waals surface area contributed by atoms with Gasteiger partial charge in [0.25, 0.3) is 5.91 Å². The smallest absolute Gasteiger partial charge is 0.251 e. The highest BCUT2D eigenvalue weighted by Gasteiger charge is 2.19. The number of carbonyl (C=O) groups excluding carboxylic acids is 1. The molecule has 4 nitrogen and oxygen atoms in total. The van der Waals surface area contributed by atoms with Crippen molar-refractivity contribution < 1.29 is 14.3 Å². The van der Waals surface area contributed by atoms with Gasteiger partial charge in [0.2, 0.25) is 0 Å². The molecule has 0 atom stereocenters. The first-order chi connectivity index (χ1) is 8.08. The molecule has 1 aliphatic rings. The quantitative estimate of drug-likeness (QED) is 0.882. The van der Waals surface area contributed by atoms with Crippen molar-refractivity contribution in [3.63, 3.8) is 0 Å². The summed E-state index contributed by atoms with van der Waals surface area (Å²) in [6.07, 6.45) is 0. The van der Waals surface area contributed by atoms with Gasteiger partial charge in [-0.3, -0.25) is 4.79 Å². The average Bonchev–Trinajstić information content (AvgIpc) is 2.28. The standard InChI is InChI=1S/C12H14ClNO3/c1-7(2)14-12(15)8-5-9(13)11-10(6-8)16-3-4-17-11/h5-7H,3-4H2,1-2H3,(H,14,15). The Morgan fingerprint density at radius 3 is 2.76 bits per heavy atom. The van der Waals surface area contributed by atoms with E-state index >= 15 is 0 Å². The highest BCUT2D eigenvalue weighted by molar-refractivity contribution is 6.32. The van der Waals surface area contributed by atoms with Gasteiger partial charge in [-0.05, 0) is 26.0 Å². The molecule has 0 aromatic heterocycles. The number of carbonyl (C=O) groups is 1. The number of halogens is 1. The molecule has 0 spiro atoms. The fourth-order valence-corrected chi connectivity index (χ4v) is 1.85. The molecule has 1 N–H and O–H groups in total. The molecule has 0 unspecified atom stereocenters. The highest BCUT2D eigenvalue weighted by atomic mass is 35.5. The minimum atomic E-state index is -0.168. The summed E-state index contributed by atoms with van der Waals surface area (Å²) in [6, 6.07) is 3.32. The predicted octanol–water partition coefficient (Wildman–Crippen LogP) is 2.25. The topological polar surface area (TPSA) is 47.6 Å². The molecule has 1 heterocycles. The molecular weight excluding hydrogens is 242 g/mol. The summed E-state index contributed by atoms with van der Waals surface area (Å²) in [5.74, 6) is 0.871. The largest absolute Gasteiger partial charge is 0.486 e. The van der Waals surface area contributed by atoms with Crippen LogP contribution in [0.3, 0.4) is 0 Å². The molecule has 0 aliphatic carbocycles. The van der Waals surface area contributed by atoms with Gasteiger partial charge in [0.05, 0.1) is 5.02 Å². The van der Waals surface area contributed by atoms with Crippen LogP contribution in [0.25, 0.3) is 0 Å². The number of hydrogen-bond acceptors (Lipinski definition) is 3. The summed E-state index contributed by atoms with van der Waals surface area (Å²) in [4.78, 5) is 11.8. The summed E-state index contributed by atoms with van der Waals surface area (Å²) in [7, 11) is 0. The molecule has 0 bridgehead atoms. The summed E-state index contributed by atoms with van der Waals surface area (Å²) in [5.41, 5.74) is 0.480. The first-order valence-electron chi connectivity index (χ1n) is 5.48. The summed E-state index contributed by atoms with van der Waals surface area (Å²) < 4.78 is 10.8. The average molecular weight is 256 g/mol. The van der Waals surface area contributed by atoms with Gasteiger partial charge in [-0.2, -0.15) is 0 Å². The lowest BCUT2D eigenvalue weighted by atomic mass is 10.1. The van der Waals surface area contributed by atoms with Crippen molar-refractivity contribution in [2.75, 3.05) is 13.2 Å². The van der Waals surface area contributed by atoms with Gasteiger partial charge >= 0.3 is 0 Å². The molecule has 0 fully saturated rings. The predicted molar refractivity (Wildman–Crippen MR) is 65.0 cm³/mol. The number of nitrogens with one attached hydrogen (secondary N) is 1. The third kappa shape index (κ3) is 2.64.